The molecule has 0 radical (unpaired) electrons. The molecule has 2 rings (SSSR count). The second-order valence-electron chi connectivity index (χ2n) is 2.68. The molecule has 2 atom stereocenters. The van der Waals surface area contributed by atoms with Gasteiger partial charge < -0.3 is 10.7 Å². The fourth-order valence-electron chi connectivity index (χ4n) is 1.33. The highest BCUT2D eigenvalue weighted by molar-refractivity contribution is 5.84. The molecule has 4 heteroatoms. The van der Waals surface area contributed by atoms with Gasteiger partial charge in [-0.1, -0.05) is 0 Å². The summed E-state index contributed by atoms with van der Waals surface area (Å²) in [5.74, 6) is 0.105. The molecule has 2 unspecified atom stereocenters. The van der Waals surface area contributed by atoms with Crippen LogP contribution in [0.25, 0.3) is 0 Å². The van der Waals surface area contributed by atoms with Gasteiger partial charge in [0.25, 0.3) is 0 Å². The van der Waals surface area contributed by atoms with Gasteiger partial charge in [0, 0.05) is 12.4 Å². The van der Waals surface area contributed by atoms with Crippen LogP contribution in [0, 0.1) is 5.92 Å². The molecule has 2 aliphatic rings. The maximum Gasteiger partial charge on any atom is 0.229 e. The number of nitrogens with zero attached hydrogens (tertiary/aromatic N) is 1. The van der Waals surface area contributed by atoms with Crippen molar-refractivity contribution in [2.45, 2.75) is 12.5 Å². The third-order valence-corrected chi connectivity index (χ3v) is 1.97. The molecule has 0 fully saturated rings. The average molecular weight is 151 g/mol. The van der Waals surface area contributed by atoms with E-state index in [1.807, 2.05) is 6.08 Å². The van der Waals surface area contributed by atoms with Gasteiger partial charge in [0.2, 0.25) is 5.91 Å². The van der Waals surface area contributed by atoms with E-state index < -0.39 is 0 Å². The van der Waals surface area contributed by atoms with Gasteiger partial charge in [0.15, 0.2) is 0 Å². The zero-order chi connectivity index (χ0) is 7.68. The lowest BCUT2D eigenvalue weighted by Gasteiger charge is -2.27. The van der Waals surface area contributed by atoms with E-state index in [0.29, 0.717) is 0 Å². The molecule has 0 bridgehead atoms. The highest BCUT2D eigenvalue weighted by atomic mass is 16.1. The Morgan fingerprint density at radius 1 is 1.64 bits per heavy atom. The van der Waals surface area contributed by atoms with Crippen molar-refractivity contribution < 1.29 is 4.79 Å². The van der Waals surface area contributed by atoms with Crippen LogP contribution in [-0.2, 0) is 4.79 Å². The summed E-state index contributed by atoms with van der Waals surface area (Å²) in [6.07, 6.45) is 6.05. The third kappa shape index (κ3) is 1.00. The lowest BCUT2D eigenvalue weighted by Crippen LogP contribution is -2.46. The number of hydrogen-bond acceptors (Lipinski definition) is 3. The van der Waals surface area contributed by atoms with E-state index in [4.69, 9.17) is 0 Å². The second kappa shape index (κ2) is 2.38. The molecule has 2 aliphatic heterocycles. The summed E-state index contributed by atoms with van der Waals surface area (Å²) in [6.45, 7) is 0. The molecule has 2 N–H and O–H groups in total. The minimum absolute atomic E-state index is 0.0255. The minimum Gasteiger partial charge on any atom is -0.333 e. The summed E-state index contributed by atoms with van der Waals surface area (Å²) in [5, 5.41) is 6.55. The smallest absolute Gasteiger partial charge is 0.229 e. The van der Waals surface area contributed by atoms with Crippen molar-refractivity contribution in [1.29, 1.82) is 0 Å². The van der Waals surface area contributed by atoms with Gasteiger partial charge in [-0.3, -0.25) is 4.79 Å². The molecule has 0 saturated heterocycles. The summed E-state index contributed by atoms with van der Waals surface area (Å²) >= 11 is 0. The average Bonchev–Trinajstić information content (AvgIpc) is 2.06. The predicted molar refractivity (Wildman–Crippen MR) is 40.8 cm³/mol. The van der Waals surface area contributed by atoms with Gasteiger partial charge in [0.05, 0.1) is 12.0 Å². The number of hydrazone groups is 1. The van der Waals surface area contributed by atoms with E-state index in [1.54, 1.807) is 12.4 Å². The summed E-state index contributed by atoms with van der Waals surface area (Å²) in [6, 6.07) is 0.0914. The van der Waals surface area contributed by atoms with Crippen LogP contribution >= 0.6 is 0 Å². The maximum absolute atomic E-state index is 11.2. The maximum atomic E-state index is 11.2. The van der Waals surface area contributed by atoms with E-state index in [2.05, 4.69) is 15.8 Å². The zero-order valence-electron chi connectivity index (χ0n) is 5.95. The van der Waals surface area contributed by atoms with Crippen LogP contribution in [0.5, 0.6) is 0 Å². The topological polar surface area (TPSA) is 53.5 Å². The Bertz CT molecular complexity index is 234. The first-order valence-corrected chi connectivity index (χ1v) is 3.62. The lowest BCUT2D eigenvalue weighted by atomic mass is 9.93. The van der Waals surface area contributed by atoms with E-state index >= 15 is 0 Å². The first-order chi connectivity index (χ1) is 5.38. The van der Waals surface area contributed by atoms with Gasteiger partial charge >= 0.3 is 0 Å². The summed E-state index contributed by atoms with van der Waals surface area (Å²) in [5.41, 5.74) is 2.87. The standard InChI is InChI=1S/C7H9N3O/c11-7-5-1-4-9-10-6(5)2-3-8-7/h2-6,10H,1H2,(H,8,11). The molecule has 1 amide bonds. The van der Waals surface area contributed by atoms with E-state index in [-0.39, 0.29) is 17.9 Å². The lowest BCUT2D eigenvalue weighted by molar-refractivity contribution is -0.124. The molecule has 0 spiro atoms. The van der Waals surface area contributed by atoms with Gasteiger partial charge in [-0.25, -0.2) is 0 Å². The first-order valence-electron chi connectivity index (χ1n) is 3.62. The van der Waals surface area contributed by atoms with Gasteiger partial charge in [0.1, 0.15) is 0 Å². The molecule has 0 aliphatic carbocycles. The Kier molecular flexibility index (Phi) is 1.38. The normalized spacial score (nSPS) is 34.0. The zero-order valence-corrected chi connectivity index (χ0v) is 5.95. The van der Waals surface area contributed by atoms with Crippen molar-refractivity contribution in [1.82, 2.24) is 10.7 Å². The van der Waals surface area contributed by atoms with Gasteiger partial charge in [-0.2, -0.15) is 5.10 Å². The number of amides is 1. The Morgan fingerprint density at radius 3 is 3.36 bits per heavy atom. The van der Waals surface area contributed by atoms with Crippen molar-refractivity contribution in [2.75, 3.05) is 0 Å². The molecule has 58 valence electrons. The van der Waals surface area contributed by atoms with Crippen molar-refractivity contribution in [2.24, 2.45) is 11.0 Å². The molecule has 0 aromatic carbocycles. The molecule has 11 heavy (non-hydrogen) atoms. The van der Waals surface area contributed by atoms with E-state index in [0.717, 1.165) is 6.42 Å². The Labute approximate surface area is 64.4 Å². The molecule has 0 aromatic rings. The van der Waals surface area contributed by atoms with Crippen LogP contribution in [0.15, 0.2) is 17.4 Å². The largest absolute Gasteiger partial charge is 0.333 e. The number of carbonyl (C=O) groups excluding carboxylic acids is 1. The fraction of sp³-hybridized carbons (Fsp3) is 0.429. The molecule has 0 saturated carbocycles. The molecular weight excluding hydrogens is 142 g/mol. The second-order valence-corrected chi connectivity index (χ2v) is 2.68. The summed E-state index contributed by atoms with van der Waals surface area (Å²) in [7, 11) is 0. The van der Waals surface area contributed by atoms with Crippen LogP contribution in [0.4, 0.5) is 0 Å². The molecule has 2 heterocycles. The highest BCUT2D eigenvalue weighted by Gasteiger charge is 2.29. The van der Waals surface area contributed by atoms with Crippen LogP contribution < -0.4 is 10.7 Å². The van der Waals surface area contributed by atoms with E-state index in [9.17, 15) is 4.79 Å². The van der Waals surface area contributed by atoms with Crippen LogP contribution in [0.3, 0.4) is 0 Å². The van der Waals surface area contributed by atoms with Crippen LogP contribution in [0.2, 0.25) is 0 Å². The number of fused-ring (bicyclic) bond motifs is 1. The van der Waals surface area contributed by atoms with Crippen LogP contribution in [0.1, 0.15) is 6.42 Å². The van der Waals surface area contributed by atoms with Crippen molar-refractivity contribution >= 4 is 12.1 Å². The SMILES string of the molecule is O=C1NC=CC2NN=CCC12. The van der Waals surface area contributed by atoms with Crippen LogP contribution in [-0.4, -0.2) is 18.2 Å². The van der Waals surface area contributed by atoms with Gasteiger partial charge in [-0.15, -0.1) is 0 Å². The first kappa shape index (κ1) is 6.39. The number of carbonyl (C=O) groups is 1. The summed E-state index contributed by atoms with van der Waals surface area (Å²) in [4.78, 5) is 11.2. The predicted octanol–water partition coefficient (Wildman–Crippen LogP) is -0.406. The highest BCUT2D eigenvalue weighted by Crippen LogP contribution is 2.15. The Balaban J connectivity index is 2.23. The monoisotopic (exact) mass is 151 g/mol. The minimum atomic E-state index is 0.0255. The Morgan fingerprint density at radius 2 is 2.55 bits per heavy atom. The molecule has 0 aromatic heterocycles. The number of nitrogens with one attached hydrogen (secondary N) is 2. The molecular formula is C7H9N3O. The number of rotatable bonds is 0. The third-order valence-electron chi connectivity index (χ3n) is 1.97. The van der Waals surface area contributed by atoms with Crippen molar-refractivity contribution in [3.63, 3.8) is 0 Å². The van der Waals surface area contributed by atoms with Crippen molar-refractivity contribution in [3.05, 3.63) is 12.3 Å². The summed E-state index contributed by atoms with van der Waals surface area (Å²) < 4.78 is 0. The molecule has 4 nitrogen and oxygen atoms in total. The quantitative estimate of drug-likeness (QED) is 0.494. The number of hydrogen-bond donors (Lipinski definition) is 2. The Hall–Kier alpha value is -1.32. The fourth-order valence-corrected chi connectivity index (χ4v) is 1.33. The van der Waals surface area contributed by atoms with Crippen molar-refractivity contribution in [3.8, 4) is 0 Å². The van der Waals surface area contributed by atoms with E-state index in [1.165, 1.54) is 0 Å². The van der Waals surface area contributed by atoms with Gasteiger partial charge in [-0.05, 0) is 12.5 Å².